The maximum atomic E-state index is 11.9. The van der Waals surface area contributed by atoms with Crippen LogP contribution < -0.4 is 5.73 Å². The molecule has 0 saturated carbocycles. The molecule has 0 spiro atoms. The summed E-state index contributed by atoms with van der Waals surface area (Å²) in [6.07, 6.45) is 2.24. The van der Waals surface area contributed by atoms with Crippen LogP contribution in [-0.2, 0) is 14.6 Å². The molecule has 1 atom stereocenters. The number of furan rings is 1. The SMILES string of the molecule is CS(=O)(=O)c1cccc([C@H](CC(=O)O)c2occ3ccc(C(N)=O)cc23)c1. The number of carboxylic acid groups (broad SMARTS) is 1. The van der Waals surface area contributed by atoms with Crippen molar-refractivity contribution < 1.29 is 27.5 Å². The highest BCUT2D eigenvalue weighted by atomic mass is 32.2. The van der Waals surface area contributed by atoms with E-state index >= 15 is 0 Å². The van der Waals surface area contributed by atoms with Crippen molar-refractivity contribution in [2.75, 3.05) is 6.26 Å². The molecule has 0 fully saturated rings. The zero-order valence-corrected chi connectivity index (χ0v) is 15.2. The first-order valence-electron chi connectivity index (χ1n) is 7.99. The summed E-state index contributed by atoms with van der Waals surface area (Å²) in [7, 11) is -3.46. The highest BCUT2D eigenvalue weighted by Crippen LogP contribution is 2.36. The zero-order valence-electron chi connectivity index (χ0n) is 14.4. The van der Waals surface area contributed by atoms with E-state index in [2.05, 4.69) is 0 Å². The molecule has 0 aliphatic heterocycles. The van der Waals surface area contributed by atoms with Gasteiger partial charge in [0.25, 0.3) is 0 Å². The van der Waals surface area contributed by atoms with Gasteiger partial charge in [-0.2, -0.15) is 0 Å². The molecule has 7 nitrogen and oxygen atoms in total. The van der Waals surface area contributed by atoms with E-state index in [0.717, 1.165) is 6.26 Å². The molecule has 27 heavy (non-hydrogen) atoms. The van der Waals surface area contributed by atoms with Gasteiger partial charge < -0.3 is 15.3 Å². The Morgan fingerprint density at radius 2 is 1.93 bits per heavy atom. The van der Waals surface area contributed by atoms with E-state index in [9.17, 15) is 23.1 Å². The number of primary amides is 1. The van der Waals surface area contributed by atoms with Crippen molar-refractivity contribution in [1.82, 2.24) is 0 Å². The van der Waals surface area contributed by atoms with Crippen molar-refractivity contribution in [2.45, 2.75) is 17.2 Å². The molecule has 0 radical (unpaired) electrons. The van der Waals surface area contributed by atoms with Crippen molar-refractivity contribution in [1.29, 1.82) is 0 Å². The minimum atomic E-state index is -3.46. The van der Waals surface area contributed by atoms with E-state index in [1.54, 1.807) is 30.3 Å². The Hall–Kier alpha value is -3.13. The van der Waals surface area contributed by atoms with Crippen LogP contribution in [0.4, 0.5) is 0 Å². The van der Waals surface area contributed by atoms with Gasteiger partial charge in [-0.1, -0.05) is 18.2 Å². The van der Waals surface area contributed by atoms with Gasteiger partial charge in [-0.05, 0) is 29.8 Å². The van der Waals surface area contributed by atoms with Gasteiger partial charge in [0.1, 0.15) is 5.76 Å². The van der Waals surface area contributed by atoms with Crippen LogP contribution in [0.15, 0.2) is 58.0 Å². The van der Waals surface area contributed by atoms with Gasteiger partial charge in [0, 0.05) is 22.6 Å². The van der Waals surface area contributed by atoms with Gasteiger partial charge in [0.15, 0.2) is 9.84 Å². The zero-order chi connectivity index (χ0) is 19.8. The van der Waals surface area contributed by atoms with Gasteiger partial charge in [-0.3, -0.25) is 9.59 Å². The van der Waals surface area contributed by atoms with Crippen molar-refractivity contribution >= 4 is 32.5 Å². The lowest BCUT2D eigenvalue weighted by atomic mass is 9.91. The average molecular weight is 387 g/mol. The molecule has 1 amide bonds. The van der Waals surface area contributed by atoms with Gasteiger partial charge in [0.2, 0.25) is 5.91 Å². The molecular formula is C19H17NO6S. The van der Waals surface area contributed by atoms with Crippen LogP contribution in [0, 0.1) is 0 Å². The first-order valence-corrected chi connectivity index (χ1v) is 9.88. The fourth-order valence-electron chi connectivity index (χ4n) is 2.98. The normalized spacial score (nSPS) is 12.8. The minimum absolute atomic E-state index is 0.0871. The first kappa shape index (κ1) is 18.7. The van der Waals surface area contributed by atoms with E-state index < -0.39 is 27.6 Å². The standard InChI is InChI=1S/C19H17NO6S/c1-27(24,25)14-4-2-3-11(7-14)16(9-17(21)22)18-15-8-12(19(20)23)5-6-13(15)10-26-18/h2-8,10,16H,9H2,1H3,(H2,20,23)(H,21,22)/t16-/m0/s1. The fraction of sp³-hybridized carbons (Fsp3) is 0.158. The number of hydrogen-bond donors (Lipinski definition) is 2. The average Bonchev–Trinajstić information content (AvgIpc) is 3.01. The van der Waals surface area contributed by atoms with E-state index in [4.69, 9.17) is 10.2 Å². The van der Waals surface area contributed by atoms with E-state index in [0.29, 0.717) is 22.1 Å². The Bertz CT molecular complexity index is 1150. The number of carbonyl (C=O) groups excluding carboxylic acids is 1. The summed E-state index contributed by atoms with van der Waals surface area (Å²) in [6, 6.07) is 10.9. The van der Waals surface area contributed by atoms with Crippen molar-refractivity contribution in [3.63, 3.8) is 0 Å². The van der Waals surface area contributed by atoms with E-state index in [1.165, 1.54) is 18.4 Å². The van der Waals surface area contributed by atoms with Crippen LogP contribution in [0.5, 0.6) is 0 Å². The second kappa shape index (κ2) is 6.88. The Balaban J connectivity index is 2.19. The smallest absolute Gasteiger partial charge is 0.304 e. The maximum absolute atomic E-state index is 11.9. The summed E-state index contributed by atoms with van der Waals surface area (Å²) < 4.78 is 29.3. The minimum Gasteiger partial charge on any atom is -0.481 e. The molecule has 0 bridgehead atoms. The molecule has 1 aromatic heterocycles. The molecule has 3 rings (SSSR count). The highest BCUT2D eigenvalue weighted by Gasteiger charge is 2.25. The largest absolute Gasteiger partial charge is 0.481 e. The molecule has 0 unspecified atom stereocenters. The lowest BCUT2D eigenvalue weighted by Crippen LogP contribution is -2.11. The molecule has 0 aliphatic rings. The van der Waals surface area contributed by atoms with Crippen LogP contribution >= 0.6 is 0 Å². The second-order valence-corrected chi connectivity index (χ2v) is 8.28. The molecule has 3 N–H and O–H groups in total. The number of benzene rings is 2. The Morgan fingerprint density at radius 1 is 1.19 bits per heavy atom. The third-order valence-corrected chi connectivity index (χ3v) is 5.41. The summed E-state index contributed by atoms with van der Waals surface area (Å²) in [5, 5.41) is 10.6. The monoisotopic (exact) mass is 387 g/mol. The Labute approximate surface area is 155 Å². The summed E-state index contributed by atoms with van der Waals surface area (Å²) in [5.74, 6) is -2.08. The number of aliphatic carboxylic acids is 1. The number of sulfone groups is 1. The molecule has 3 aromatic rings. The molecule has 8 heteroatoms. The number of fused-ring (bicyclic) bond motifs is 1. The molecule has 2 aromatic carbocycles. The Kier molecular flexibility index (Phi) is 4.75. The molecule has 1 heterocycles. The van der Waals surface area contributed by atoms with Gasteiger partial charge in [-0.25, -0.2) is 8.42 Å². The second-order valence-electron chi connectivity index (χ2n) is 6.26. The van der Waals surface area contributed by atoms with Gasteiger partial charge >= 0.3 is 5.97 Å². The summed E-state index contributed by atoms with van der Waals surface area (Å²) >= 11 is 0. The lowest BCUT2D eigenvalue weighted by Gasteiger charge is -2.15. The quantitative estimate of drug-likeness (QED) is 0.669. The summed E-state index contributed by atoms with van der Waals surface area (Å²) in [6.45, 7) is 0. The van der Waals surface area contributed by atoms with Gasteiger partial charge in [-0.15, -0.1) is 0 Å². The van der Waals surface area contributed by atoms with Crippen LogP contribution in [-0.4, -0.2) is 31.7 Å². The molecule has 0 saturated heterocycles. The summed E-state index contributed by atoms with van der Waals surface area (Å²) in [4.78, 5) is 23.0. The topological polar surface area (TPSA) is 128 Å². The van der Waals surface area contributed by atoms with Crippen LogP contribution in [0.25, 0.3) is 10.8 Å². The maximum Gasteiger partial charge on any atom is 0.304 e. The Morgan fingerprint density at radius 3 is 2.56 bits per heavy atom. The highest BCUT2D eigenvalue weighted by molar-refractivity contribution is 7.90. The third kappa shape index (κ3) is 3.85. The fourth-order valence-corrected chi connectivity index (χ4v) is 3.66. The van der Waals surface area contributed by atoms with Crippen LogP contribution in [0.3, 0.4) is 0 Å². The number of carboxylic acids is 1. The number of hydrogen-bond acceptors (Lipinski definition) is 5. The van der Waals surface area contributed by atoms with Crippen molar-refractivity contribution in [2.24, 2.45) is 5.73 Å². The van der Waals surface area contributed by atoms with Crippen LogP contribution in [0.2, 0.25) is 0 Å². The molecule has 0 aliphatic carbocycles. The van der Waals surface area contributed by atoms with Gasteiger partial charge in [0.05, 0.1) is 23.5 Å². The van der Waals surface area contributed by atoms with Crippen LogP contribution in [0.1, 0.15) is 34.0 Å². The predicted molar refractivity (Wildman–Crippen MR) is 98.4 cm³/mol. The molecular weight excluding hydrogens is 370 g/mol. The number of rotatable bonds is 6. The third-order valence-electron chi connectivity index (χ3n) is 4.30. The number of amides is 1. The van der Waals surface area contributed by atoms with E-state index in [-0.39, 0.29) is 16.9 Å². The predicted octanol–water partition coefficient (Wildman–Crippen LogP) is 2.54. The first-order chi connectivity index (χ1) is 12.7. The van der Waals surface area contributed by atoms with Crippen molar-refractivity contribution in [3.05, 3.63) is 65.6 Å². The lowest BCUT2D eigenvalue weighted by molar-refractivity contribution is -0.137. The molecule has 140 valence electrons. The summed E-state index contributed by atoms with van der Waals surface area (Å²) in [5.41, 5.74) is 6.08. The number of carbonyl (C=O) groups is 2. The number of nitrogens with two attached hydrogens (primary N) is 1. The van der Waals surface area contributed by atoms with E-state index in [1.807, 2.05) is 0 Å². The van der Waals surface area contributed by atoms with Crippen molar-refractivity contribution in [3.8, 4) is 0 Å².